The third kappa shape index (κ3) is 4.38. The predicted octanol–water partition coefficient (Wildman–Crippen LogP) is 0.342. The lowest BCUT2D eigenvalue weighted by Crippen LogP contribution is -2.34. The maximum absolute atomic E-state index is 11.4. The van der Waals surface area contributed by atoms with E-state index in [4.69, 9.17) is 0 Å². The summed E-state index contributed by atoms with van der Waals surface area (Å²) in [6, 6.07) is 6.21. The summed E-state index contributed by atoms with van der Waals surface area (Å²) < 4.78 is 0. The summed E-state index contributed by atoms with van der Waals surface area (Å²) in [4.78, 5) is 21.7. The first-order valence-electron chi connectivity index (χ1n) is 5.53. The van der Waals surface area contributed by atoms with Crippen LogP contribution in [0.1, 0.15) is 0 Å². The van der Waals surface area contributed by atoms with Gasteiger partial charge in [0.25, 0.3) is 5.69 Å². The number of amides is 1. The van der Waals surface area contributed by atoms with E-state index in [0.29, 0.717) is 18.8 Å². The number of likely N-dealkylation sites (N-methyl/N-ethyl adjacent to an activating group) is 1. The molecular formula is C11H16N4O3. The van der Waals surface area contributed by atoms with Gasteiger partial charge in [0.15, 0.2) is 0 Å². The zero-order valence-corrected chi connectivity index (χ0v) is 10.1. The standard InChI is InChI=1S/C11H16N4O3/c1-12-6-7-13-11(16)8-14-9-4-2-3-5-10(9)15(17)18/h2-5,12,14H,6-8H2,1H3,(H,13,16). The number of nitrogens with one attached hydrogen (secondary N) is 3. The number of carbonyl (C=O) groups is 1. The molecule has 0 atom stereocenters. The maximum atomic E-state index is 11.4. The average molecular weight is 252 g/mol. The van der Waals surface area contributed by atoms with E-state index in [0.717, 1.165) is 0 Å². The van der Waals surface area contributed by atoms with Gasteiger partial charge in [0, 0.05) is 19.2 Å². The van der Waals surface area contributed by atoms with Crippen LogP contribution in [0.25, 0.3) is 0 Å². The Morgan fingerprint density at radius 1 is 1.33 bits per heavy atom. The molecule has 18 heavy (non-hydrogen) atoms. The van der Waals surface area contributed by atoms with E-state index in [9.17, 15) is 14.9 Å². The molecule has 0 spiro atoms. The van der Waals surface area contributed by atoms with Gasteiger partial charge in [-0.05, 0) is 13.1 Å². The van der Waals surface area contributed by atoms with E-state index >= 15 is 0 Å². The molecule has 7 nitrogen and oxygen atoms in total. The summed E-state index contributed by atoms with van der Waals surface area (Å²) in [6.07, 6.45) is 0. The van der Waals surface area contributed by atoms with Gasteiger partial charge >= 0.3 is 0 Å². The Kier molecular flexibility index (Phi) is 5.59. The van der Waals surface area contributed by atoms with Crippen LogP contribution in [0.5, 0.6) is 0 Å². The van der Waals surface area contributed by atoms with Crippen LogP contribution in [-0.2, 0) is 4.79 Å². The zero-order valence-electron chi connectivity index (χ0n) is 10.1. The van der Waals surface area contributed by atoms with Crippen molar-refractivity contribution in [3.05, 3.63) is 34.4 Å². The fourth-order valence-corrected chi connectivity index (χ4v) is 1.35. The third-order valence-electron chi connectivity index (χ3n) is 2.24. The minimum atomic E-state index is -0.485. The summed E-state index contributed by atoms with van der Waals surface area (Å²) in [5.41, 5.74) is 0.298. The fourth-order valence-electron chi connectivity index (χ4n) is 1.35. The second kappa shape index (κ2) is 7.23. The second-order valence-electron chi connectivity index (χ2n) is 3.58. The Morgan fingerprint density at radius 2 is 2.06 bits per heavy atom. The lowest BCUT2D eigenvalue weighted by Gasteiger charge is -2.07. The molecule has 0 aliphatic rings. The quantitative estimate of drug-likeness (QED) is 0.369. The van der Waals surface area contributed by atoms with Gasteiger partial charge in [0.1, 0.15) is 5.69 Å². The molecule has 1 aromatic rings. The van der Waals surface area contributed by atoms with Gasteiger partial charge in [0.2, 0.25) is 5.91 Å². The van der Waals surface area contributed by atoms with E-state index in [-0.39, 0.29) is 18.1 Å². The number of nitro benzene ring substituents is 1. The number of anilines is 1. The van der Waals surface area contributed by atoms with Crippen LogP contribution in [0.4, 0.5) is 11.4 Å². The van der Waals surface area contributed by atoms with E-state index in [1.54, 1.807) is 25.2 Å². The molecule has 98 valence electrons. The number of hydrogen-bond acceptors (Lipinski definition) is 5. The smallest absolute Gasteiger partial charge is 0.292 e. The highest BCUT2D eigenvalue weighted by atomic mass is 16.6. The number of benzene rings is 1. The topological polar surface area (TPSA) is 96.3 Å². The highest BCUT2D eigenvalue weighted by Crippen LogP contribution is 2.22. The van der Waals surface area contributed by atoms with Gasteiger partial charge in [-0.1, -0.05) is 12.1 Å². The maximum Gasteiger partial charge on any atom is 0.292 e. The van der Waals surface area contributed by atoms with Gasteiger partial charge in [-0.15, -0.1) is 0 Å². The summed E-state index contributed by atoms with van der Waals surface area (Å²) in [5, 5.41) is 19.0. The van der Waals surface area contributed by atoms with Crippen molar-refractivity contribution in [2.75, 3.05) is 32.0 Å². The highest BCUT2D eigenvalue weighted by Gasteiger charge is 2.12. The zero-order chi connectivity index (χ0) is 13.4. The minimum Gasteiger partial charge on any atom is -0.371 e. The molecule has 0 aromatic heterocycles. The van der Waals surface area contributed by atoms with Crippen molar-refractivity contribution in [3.63, 3.8) is 0 Å². The van der Waals surface area contributed by atoms with Crippen LogP contribution < -0.4 is 16.0 Å². The van der Waals surface area contributed by atoms with Gasteiger partial charge in [-0.3, -0.25) is 14.9 Å². The summed E-state index contributed by atoms with van der Waals surface area (Å²) in [5.74, 6) is -0.205. The molecular weight excluding hydrogens is 236 g/mol. The van der Waals surface area contributed by atoms with E-state index in [1.807, 2.05) is 0 Å². The molecule has 0 saturated heterocycles. The van der Waals surface area contributed by atoms with Crippen molar-refractivity contribution < 1.29 is 9.72 Å². The summed E-state index contributed by atoms with van der Waals surface area (Å²) in [7, 11) is 1.79. The number of rotatable bonds is 7. The molecule has 7 heteroatoms. The first-order valence-corrected chi connectivity index (χ1v) is 5.53. The number of carbonyl (C=O) groups excluding carboxylic acids is 1. The van der Waals surface area contributed by atoms with Crippen molar-refractivity contribution in [2.24, 2.45) is 0 Å². The van der Waals surface area contributed by atoms with Crippen LogP contribution in [0.15, 0.2) is 24.3 Å². The number of nitrogens with zero attached hydrogens (tertiary/aromatic N) is 1. The van der Waals surface area contributed by atoms with E-state index < -0.39 is 4.92 Å². The molecule has 0 fully saturated rings. The van der Waals surface area contributed by atoms with Gasteiger partial charge in [0.05, 0.1) is 11.5 Å². The van der Waals surface area contributed by atoms with Crippen LogP contribution >= 0.6 is 0 Å². The Bertz CT molecular complexity index is 423. The van der Waals surface area contributed by atoms with Crippen LogP contribution in [0.3, 0.4) is 0 Å². The van der Waals surface area contributed by atoms with Crippen molar-refractivity contribution >= 4 is 17.3 Å². The minimum absolute atomic E-state index is 0.00850. The van der Waals surface area contributed by atoms with Crippen LogP contribution in [-0.4, -0.2) is 37.5 Å². The van der Waals surface area contributed by atoms with Gasteiger partial charge < -0.3 is 16.0 Å². The average Bonchev–Trinajstić information content (AvgIpc) is 2.37. The monoisotopic (exact) mass is 252 g/mol. The lowest BCUT2D eigenvalue weighted by atomic mass is 10.2. The highest BCUT2D eigenvalue weighted by molar-refractivity contribution is 5.81. The fraction of sp³-hybridized carbons (Fsp3) is 0.364. The molecule has 0 radical (unpaired) electrons. The SMILES string of the molecule is CNCCNC(=O)CNc1ccccc1[N+](=O)[O-]. The molecule has 0 heterocycles. The second-order valence-corrected chi connectivity index (χ2v) is 3.58. The molecule has 0 aliphatic heterocycles. The predicted molar refractivity (Wildman–Crippen MR) is 68.5 cm³/mol. The molecule has 3 N–H and O–H groups in total. The van der Waals surface area contributed by atoms with Crippen LogP contribution in [0, 0.1) is 10.1 Å². The lowest BCUT2D eigenvalue weighted by molar-refractivity contribution is -0.383. The van der Waals surface area contributed by atoms with Crippen molar-refractivity contribution in [2.45, 2.75) is 0 Å². The number of nitro groups is 1. The molecule has 1 amide bonds. The molecule has 0 bridgehead atoms. The summed E-state index contributed by atoms with van der Waals surface area (Å²) in [6.45, 7) is 1.21. The van der Waals surface area contributed by atoms with Crippen molar-refractivity contribution in [1.29, 1.82) is 0 Å². The Labute approximate surface area is 105 Å². The van der Waals surface area contributed by atoms with Crippen molar-refractivity contribution in [1.82, 2.24) is 10.6 Å². The Morgan fingerprint density at radius 3 is 2.72 bits per heavy atom. The number of para-hydroxylation sites is 2. The Balaban J connectivity index is 2.48. The van der Waals surface area contributed by atoms with Gasteiger partial charge in [-0.25, -0.2) is 0 Å². The third-order valence-corrected chi connectivity index (χ3v) is 2.24. The molecule has 0 unspecified atom stereocenters. The first-order chi connectivity index (χ1) is 8.65. The largest absolute Gasteiger partial charge is 0.371 e. The molecule has 0 aliphatic carbocycles. The first kappa shape index (κ1) is 13.9. The number of hydrogen-bond donors (Lipinski definition) is 3. The van der Waals surface area contributed by atoms with E-state index in [2.05, 4.69) is 16.0 Å². The molecule has 1 rings (SSSR count). The van der Waals surface area contributed by atoms with Crippen molar-refractivity contribution in [3.8, 4) is 0 Å². The molecule has 0 saturated carbocycles. The normalized spacial score (nSPS) is 9.83. The van der Waals surface area contributed by atoms with Gasteiger partial charge in [-0.2, -0.15) is 0 Å². The van der Waals surface area contributed by atoms with Crippen LogP contribution in [0.2, 0.25) is 0 Å². The van der Waals surface area contributed by atoms with E-state index in [1.165, 1.54) is 6.07 Å². The molecule has 1 aromatic carbocycles. The Hall–Kier alpha value is -2.15. The summed E-state index contributed by atoms with van der Waals surface area (Å²) >= 11 is 0.